The lowest BCUT2D eigenvalue weighted by atomic mass is 9.97. The van der Waals surface area contributed by atoms with Crippen molar-refractivity contribution in [2.24, 2.45) is 0 Å². The molecule has 0 aromatic heterocycles. The number of hydrogen-bond donors (Lipinski definition) is 7. The van der Waals surface area contributed by atoms with E-state index in [0.717, 1.165) is 0 Å². The maximum absolute atomic E-state index is 11.9. The van der Waals surface area contributed by atoms with Gasteiger partial charge in [0.05, 0.1) is 6.61 Å². The Bertz CT molecular complexity index is 384. The number of carbonyl (C=O) groups excluding carboxylic acids is 2. The van der Waals surface area contributed by atoms with Crippen molar-refractivity contribution in [3.63, 3.8) is 0 Å². The second-order valence-electron chi connectivity index (χ2n) is 4.70. The Balaban J connectivity index is 2.72. The maximum Gasteiger partial charge on any atom is 0.243 e. The Morgan fingerprint density at radius 3 is 2.38 bits per heavy atom. The molecular weight excluding hydrogens is 304 g/mol. The Hall–Kier alpha value is -0.910. The van der Waals surface area contributed by atoms with Crippen LogP contribution in [0.25, 0.3) is 0 Å². The van der Waals surface area contributed by atoms with Gasteiger partial charge in [-0.15, -0.1) is 0 Å². The predicted octanol–water partition coefficient (Wildman–Crippen LogP) is -3.66. The van der Waals surface area contributed by atoms with Gasteiger partial charge in [0.25, 0.3) is 0 Å². The van der Waals surface area contributed by atoms with Gasteiger partial charge in [-0.2, -0.15) is 12.6 Å². The van der Waals surface area contributed by atoms with E-state index in [0.29, 0.717) is 0 Å². The minimum Gasteiger partial charge on any atom is -0.394 e. The standard InChI is InChI=1S/C11H20N2O7S/c1-4(15)12-5(3-21)10(18)13-7-9(17)8(16)6(2-14)20-11(7)19/h5-9,11,14,16-17,19,21H,2-3H2,1H3,(H,12,15)(H,13,18)/t5?,6-,7-,8+,9-,11-/m1/s1. The number of hydrogen-bond acceptors (Lipinski definition) is 8. The van der Waals surface area contributed by atoms with Crippen molar-refractivity contribution in [3.05, 3.63) is 0 Å². The van der Waals surface area contributed by atoms with Crippen LogP contribution in [0.2, 0.25) is 0 Å². The van der Waals surface area contributed by atoms with Crippen molar-refractivity contribution < 1.29 is 34.8 Å². The molecule has 0 aromatic carbocycles. The van der Waals surface area contributed by atoms with Crippen LogP contribution in [0.5, 0.6) is 0 Å². The number of aliphatic hydroxyl groups is 4. The zero-order valence-electron chi connectivity index (χ0n) is 11.3. The fourth-order valence-electron chi connectivity index (χ4n) is 1.96. The molecule has 1 unspecified atom stereocenters. The van der Waals surface area contributed by atoms with Gasteiger partial charge in [-0.05, 0) is 0 Å². The molecule has 1 heterocycles. The molecule has 1 aliphatic heterocycles. The molecule has 0 saturated carbocycles. The average Bonchev–Trinajstić information content (AvgIpc) is 2.44. The molecule has 21 heavy (non-hydrogen) atoms. The molecule has 1 fully saturated rings. The Kier molecular flexibility index (Phi) is 6.84. The summed E-state index contributed by atoms with van der Waals surface area (Å²) in [7, 11) is 0. The van der Waals surface area contributed by atoms with E-state index in [1.165, 1.54) is 6.92 Å². The largest absolute Gasteiger partial charge is 0.394 e. The number of thiol groups is 1. The van der Waals surface area contributed by atoms with E-state index < -0.39 is 55.1 Å². The number of nitrogens with one attached hydrogen (secondary N) is 2. The summed E-state index contributed by atoms with van der Waals surface area (Å²) in [4.78, 5) is 22.9. The van der Waals surface area contributed by atoms with Gasteiger partial charge in [0.1, 0.15) is 30.4 Å². The highest BCUT2D eigenvalue weighted by Crippen LogP contribution is 2.19. The molecule has 1 rings (SSSR count). The lowest BCUT2D eigenvalue weighted by Gasteiger charge is -2.40. The lowest BCUT2D eigenvalue weighted by Crippen LogP contribution is -2.65. The Morgan fingerprint density at radius 2 is 1.90 bits per heavy atom. The Morgan fingerprint density at radius 1 is 1.29 bits per heavy atom. The van der Waals surface area contributed by atoms with Crippen molar-refractivity contribution >= 4 is 24.4 Å². The van der Waals surface area contributed by atoms with Crippen LogP contribution in [0, 0.1) is 0 Å². The van der Waals surface area contributed by atoms with Gasteiger partial charge in [0.2, 0.25) is 11.8 Å². The quantitative estimate of drug-likeness (QED) is 0.258. The molecule has 0 bridgehead atoms. The lowest BCUT2D eigenvalue weighted by molar-refractivity contribution is -0.253. The van der Waals surface area contributed by atoms with Crippen molar-refractivity contribution in [2.45, 2.75) is 43.6 Å². The van der Waals surface area contributed by atoms with Gasteiger partial charge in [0.15, 0.2) is 6.29 Å². The predicted molar refractivity (Wildman–Crippen MR) is 73.4 cm³/mol. The van der Waals surface area contributed by atoms with Gasteiger partial charge in [-0.1, -0.05) is 0 Å². The summed E-state index contributed by atoms with van der Waals surface area (Å²) >= 11 is 3.93. The van der Waals surface area contributed by atoms with E-state index in [-0.39, 0.29) is 5.75 Å². The zero-order valence-corrected chi connectivity index (χ0v) is 12.2. The molecule has 122 valence electrons. The summed E-state index contributed by atoms with van der Waals surface area (Å²) in [5, 5.41) is 42.9. The molecule has 6 N–H and O–H groups in total. The molecule has 0 aromatic rings. The number of carbonyl (C=O) groups is 2. The zero-order chi connectivity index (χ0) is 16.2. The van der Waals surface area contributed by atoms with Gasteiger partial charge in [-0.3, -0.25) is 9.59 Å². The highest BCUT2D eigenvalue weighted by atomic mass is 32.1. The molecule has 0 radical (unpaired) electrons. The van der Waals surface area contributed by atoms with Crippen LogP contribution >= 0.6 is 12.6 Å². The van der Waals surface area contributed by atoms with Gasteiger partial charge in [0, 0.05) is 12.7 Å². The Labute approximate surface area is 126 Å². The van der Waals surface area contributed by atoms with E-state index >= 15 is 0 Å². The van der Waals surface area contributed by atoms with E-state index in [1.54, 1.807) is 0 Å². The normalized spacial score (nSPS) is 34.1. The van der Waals surface area contributed by atoms with Crippen molar-refractivity contribution in [1.82, 2.24) is 10.6 Å². The topological polar surface area (TPSA) is 148 Å². The molecule has 9 nitrogen and oxygen atoms in total. The number of ether oxygens (including phenoxy) is 1. The summed E-state index contributed by atoms with van der Waals surface area (Å²) in [5.41, 5.74) is 0. The highest BCUT2D eigenvalue weighted by Gasteiger charge is 2.44. The minimum absolute atomic E-state index is 0.00694. The molecule has 1 saturated heterocycles. The second kappa shape index (κ2) is 7.92. The maximum atomic E-state index is 11.9. The third kappa shape index (κ3) is 4.53. The molecule has 10 heteroatoms. The van der Waals surface area contributed by atoms with E-state index in [4.69, 9.17) is 9.84 Å². The van der Waals surface area contributed by atoms with E-state index in [9.17, 15) is 24.9 Å². The first kappa shape index (κ1) is 18.1. The van der Waals surface area contributed by atoms with Gasteiger partial charge >= 0.3 is 0 Å². The summed E-state index contributed by atoms with van der Waals surface area (Å²) < 4.78 is 4.90. The first-order chi connectivity index (χ1) is 9.81. The third-order valence-electron chi connectivity index (χ3n) is 3.09. The van der Waals surface area contributed by atoms with Gasteiger partial charge < -0.3 is 35.8 Å². The fourth-order valence-corrected chi connectivity index (χ4v) is 2.21. The number of amides is 2. The van der Waals surface area contributed by atoms with Crippen molar-refractivity contribution in [1.29, 1.82) is 0 Å². The molecule has 2 amide bonds. The first-order valence-corrected chi connectivity index (χ1v) is 6.94. The summed E-state index contributed by atoms with van der Waals surface area (Å²) in [5.74, 6) is -1.13. The summed E-state index contributed by atoms with van der Waals surface area (Å²) in [6, 6.07) is -2.26. The van der Waals surface area contributed by atoms with Crippen LogP contribution in [0.1, 0.15) is 6.92 Å². The van der Waals surface area contributed by atoms with E-state index in [2.05, 4.69) is 23.3 Å². The third-order valence-corrected chi connectivity index (χ3v) is 3.45. The summed E-state index contributed by atoms with van der Waals surface area (Å²) in [6.07, 6.45) is -5.77. The van der Waals surface area contributed by atoms with Crippen LogP contribution < -0.4 is 10.6 Å². The molecule has 1 aliphatic rings. The van der Waals surface area contributed by atoms with Crippen molar-refractivity contribution in [2.75, 3.05) is 12.4 Å². The van der Waals surface area contributed by atoms with Crippen LogP contribution in [0.15, 0.2) is 0 Å². The second-order valence-corrected chi connectivity index (χ2v) is 5.06. The number of aliphatic hydroxyl groups excluding tert-OH is 4. The minimum atomic E-state index is -1.61. The SMILES string of the molecule is CC(=O)NC(CS)C(=O)N[C@@H]1[C@@H](O)[C@@H](O)[C@@H](CO)O[C@H]1O. The number of rotatable bonds is 5. The first-order valence-electron chi connectivity index (χ1n) is 6.30. The van der Waals surface area contributed by atoms with Crippen molar-refractivity contribution in [3.8, 4) is 0 Å². The monoisotopic (exact) mass is 324 g/mol. The fraction of sp³-hybridized carbons (Fsp3) is 0.818. The van der Waals surface area contributed by atoms with Crippen LogP contribution in [-0.4, -0.2) is 81.3 Å². The average molecular weight is 324 g/mol. The molecule has 6 atom stereocenters. The smallest absolute Gasteiger partial charge is 0.243 e. The van der Waals surface area contributed by atoms with E-state index in [1.807, 2.05) is 0 Å². The molecule has 0 spiro atoms. The van der Waals surface area contributed by atoms with Crippen LogP contribution in [0.4, 0.5) is 0 Å². The molecule has 0 aliphatic carbocycles. The summed E-state index contributed by atoms with van der Waals surface area (Å²) in [6.45, 7) is 0.633. The van der Waals surface area contributed by atoms with Crippen LogP contribution in [-0.2, 0) is 14.3 Å². The van der Waals surface area contributed by atoms with Gasteiger partial charge in [-0.25, -0.2) is 0 Å². The molecular formula is C11H20N2O7S. The van der Waals surface area contributed by atoms with Crippen LogP contribution in [0.3, 0.4) is 0 Å². The highest BCUT2D eigenvalue weighted by molar-refractivity contribution is 7.80.